The van der Waals surface area contributed by atoms with E-state index in [4.69, 9.17) is 77.3 Å². The van der Waals surface area contributed by atoms with Gasteiger partial charge in [-0.25, -0.2) is 29.9 Å². The second-order valence-electron chi connectivity index (χ2n) is 20.6. The van der Waals surface area contributed by atoms with Gasteiger partial charge in [0.15, 0.2) is 69.3 Å². The Labute approximate surface area is 503 Å². The molecule has 2 aliphatic rings. The largest absolute Gasteiger partial charge is 0.490 e. The lowest BCUT2D eigenvalue weighted by Gasteiger charge is -2.14. The first kappa shape index (κ1) is 61.8. The predicted octanol–water partition coefficient (Wildman–Crippen LogP) is 14.6. The maximum absolute atomic E-state index is 6.53. The van der Waals surface area contributed by atoms with Gasteiger partial charge >= 0.3 is 0 Å². The highest BCUT2D eigenvalue weighted by atomic mass is 32.1. The monoisotopic (exact) mass is 1190 g/mol. The van der Waals surface area contributed by atoms with Crippen molar-refractivity contribution in [3.05, 3.63) is 48.5 Å². The highest BCUT2D eigenvalue weighted by Crippen LogP contribution is 2.46. The normalized spacial score (nSPS) is 11.7. The predicted molar refractivity (Wildman–Crippen MR) is 339 cm³/mol. The summed E-state index contributed by atoms with van der Waals surface area (Å²) in [5.74, 6) is 7.28. The smallest absolute Gasteiger partial charge is 0.164 e. The third-order valence-electron chi connectivity index (χ3n) is 14.1. The molecule has 84 heavy (non-hydrogen) atoms. The van der Waals surface area contributed by atoms with E-state index in [1.807, 2.05) is 48.5 Å². The fraction of sp³-hybridized carbons (Fsp3) is 0.500. The second kappa shape index (κ2) is 31.4. The van der Waals surface area contributed by atoms with Gasteiger partial charge < -0.3 is 57.3 Å². The Bertz CT molecular complexity index is 3270. The quantitative estimate of drug-likeness (QED) is 0.0213. The molecule has 0 radical (unpaired) electrons. The van der Waals surface area contributed by atoms with Crippen molar-refractivity contribution in [3.63, 3.8) is 0 Å². The topological polar surface area (TPSA) is 201 Å². The lowest BCUT2D eigenvalue weighted by molar-refractivity contribution is 0.102. The van der Waals surface area contributed by atoms with E-state index < -0.39 is 0 Å². The van der Waals surface area contributed by atoms with Gasteiger partial charge in [0.2, 0.25) is 0 Å². The van der Waals surface area contributed by atoms with Crippen LogP contribution in [-0.4, -0.2) is 131 Å². The number of aromatic nitrogens is 8. The summed E-state index contributed by atoms with van der Waals surface area (Å²) in [5.41, 5.74) is 4.69. The van der Waals surface area contributed by atoms with Crippen LogP contribution in [0.4, 0.5) is 0 Å². The van der Waals surface area contributed by atoms with Crippen LogP contribution in [0.1, 0.15) is 119 Å². The highest BCUT2D eigenvalue weighted by molar-refractivity contribution is 7.80. The molecule has 0 aliphatic carbocycles. The number of ether oxygens (including phenoxy) is 10. The van der Waals surface area contributed by atoms with E-state index in [2.05, 4.69) is 76.8 Å². The molecule has 4 aromatic carbocycles. The zero-order valence-electron chi connectivity index (χ0n) is 49.7. The van der Waals surface area contributed by atoms with Gasteiger partial charge in [0.25, 0.3) is 0 Å². The van der Waals surface area contributed by atoms with Gasteiger partial charge in [-0.2, -0.15) is 25.3 Å². The molecule has 5 heterocycles. The number of nitrogens with zero attached hydrogens (tertiary/aromatic N) is 6. The van der Waals surface area contributed by atoms with Crippen molar-refractivity contribution in [2.45, 2.75) is 119 Å². The van der Waals surface area contributed by atoms with E-state index in [1.54, 1.807) is 0 Å². The molecule has 0 saturated heterocycles. The van der Waals surface area contributed by atoms with Gasteiger partial charge in [-0.05, 0) is 87.1 Å². The van der Waals surface area contributed by atoms with Crippen molar-refractivity contribution in [1.82, 2.24) is 39.9 Å². The van der Waals surface area contributed by atoms with E-state index in [-0.39, 0.29) is 13.2 Å². The number of hydrogen-bond acceptors (Lipinski definition) is 18. The fourth-order valence-corrected chi connectivity index (χ4v) is 9.69. The van der Waals surface area contributed by atoms with Crippen LogP contribution in [0.15, 0.2) is 48.5 Å². The van der Waals surface area contributed by atoms with Crippen molar-refractivity contribution in [2.75, 3.05) is 90.8 Å². The number of hydrogen-bond donors (Lipinski definition) is 4. The van der Waals surface area contributed by atoms with Gasteiger partial charge in [-0.1, -0.05) is 80.1 Å². The molecule has 7 aromatic rings. The summed E-state index contributed by atoms with van der Waals surface area (Å²) in [6.45, 7) is 18.1. The molecule has 450 valence electrons. The molecule has 18 nitrogen and oxygen atoms in total. The molecule has 2 N–H and O–H groups in total. The Balaban J connectivity index is 1.39. The van der Waals surface area contributed by atoms with E-state index >= 15 is 0 Å². The van der Waals surface area contributed by atoms with Crippen LogP contribution < -0.4 is 37.9 Å². The molecule has 0 atom stereocenters. The number of H-pyrrole nitrogens is 2. The van der Waals surface area contributed by atoms with Gasteiger partial charge in [0, 0.05) is 55.3 Å². The molecule has 2 aliphatic heterocycles. The Kier molecular flexibility index (Phi) is 23.1. The summed E-state index contributed by atoms with van der Waals surface area (Å²) in [5, 5.41) is 2.84. The summed E-state index contributed by atoms with van der Waals surface area (Å²) in [4.78, 5) is 39.6. The maximum atomic E-state index is 6.53. The number of thiol groups is 2. The first-order chi connectivity index (χ1) is 41.3. The first-order valence-electron chi connectivity index (χ1n) is 30.3. The molecule has 8 bridgehead atoms. The lowest BCUT2D eigenvalue weighted by Crippen LogP contribution is -2.11. The molecule has 20 heteroatoms. The highest BCUT2D eigenvalue weighted by Gasteiger charge is 2.28. The Morgan fingerprint density at radius 1 is 0.286 bits per heavy atom. The standard InChI is InChI=1S/C64H82N8O10S2/c1-7-13-19-75-49-33-41-42(34-50(49)76-20-14-8-2)58-65-57(41)66-59-43-35-51(77-21-15-9-3)53(79-23-17-11-5)37-45(43)61(68-59)70-63-47-39-55(81-27-25-73-29-31-83)56(82-28-26-74-30-32-84)40-48(47)64(72-63)71-62-46-38-54(80-24-18-12-6)52(78-22-16-10-4)36-44(46)60(67-58)69-62/h33-40,83-84H,7-32H2,1-6H3,(H2,65,66,67,68,69,70,71,72). The van der Waals surface area contributed by atoms with Crippen molar-refractivity contribution in [3.8, 4) is 91.5 Å². The molecule has 0 saturated carbocycles. The first-order valence-corrected chi connectivity index (χ1v) is 31.5. The molecule has 0 unspecified atom stereocenters. The number of rotatable bonds is 36. The molecular weight excluding hydrogens is 1100 g/mol. The minimum Gasteiger partial charge on any atom is -0.490 e. The summed E-state index contributed by atoms with van der Waals surface area (Å²) >= 11 is 8.65. The average Bonchev–Trinajstić information content (AvgIpc) is 4.42. The summed E-state index contributed by atoms with van der Waals surface area (Å²) in [6.07, 6.45) is 11.0. The molecule has 0 amide bonds. The Hall–Kier alpha value is -6.74. The van der Waals surface area contributed by atoms with E-state index in [1.165, 1.54) is 0 Å². The average molecular weight is 1190 g/mol. The number of unbranched alkanes of at least 4 members (excludes halogenated alkanes) is 6. The minimum atomic E-state index is 0.250. The van der Waals surface area contributed by atoms with Crippen molar-refractivity contribution in [1.29, 1.82) is 0 Å². The van der Waals surface area contributed by atoms with Crippen molar-refractivity contribution < 1.29 is 47.4 Å². The maximum Gasteiger partial charge on any atom is 0.164 e. The van der Waals surface area contributed by atoms with Crippen molar-refractivity contribution in [2.24, 2.45) is 0 Å². The molecule has 0 spiro atoms. The zero-order valence-corrected chi connectivity index (χ0v) is 51.5. The molecule has 0 fully saturated rings. The van der Waals surface area contributed by atoms with E-state index in [0.717, 1.165) is 87.8 Å². The lowest BCUT2D eigenvalue weighted by atomic mass is 10.1. The van der Waals surface area contributed by atoms with E-state index in [9.17, 15) is 0 Å². The summed E-state index contributed by atoms with van der Waals surface area (Å²) in [6, 6.07) is 15.7. The van der Waals surface area contributed by atoms with Crippen LogP contribution in [0.5, 0.6) is 46.0 Å². The Morgan fingerprint density at radius 2 is 0.512 bits per heavy atom. The van der Waals surface area contributed by atoms with E-state index in [0.29, 0.717) is 202 Å². The van der Waals surface area contributed by atoms with Crippen LogP contribution in [-0.2, 0) is 9.47 Å². The van der Waals surface area contributed by atoms with Crippen LogP contribution in [0.25, 0.3) is 89.7 Å². The van der Waals surface area contributed by atoms with Gasteiger partial charge in [-0.15, -0.1) is 0 Å². The second-order valence-corrected chi connectivity index (χ2v) is 21.5. The SMILES string of the molecule is CCCCOc1cc2c(cc1OCCCC)-c1nc-2nc2[nH]c(nc3nc(nc4[nH]c(n1)c1cc(OCCOCCS)c(OCCOCCS)cc41)-c1cc(OCCCC)c(OCCCC)cc1-3)c1cc(OCCCC)c(OCCCC)cc21. The molecule has 3 aromatic heterocycles. The zero-order chi connectivity index (χ0) is 58.6. The summed E-state index contributed by atoms with van der Waals surface area (Å²) in [7, 11) is 0. The minimum absolute atomic E-state index is 0.250. The molecular formula is C64H82N8O10S2. The van der Waals surface area contributed by atoms with Gasteiger partial charge in [0.1, 0.15) is 35.8 Å². The Morgan fingerprint density at radius 3 is 0.738 bits per heavy atom. The number of fused-ring (bicyclic) bond motifs is 20. The van der Waals surface area contributed by atoms with Crippen LogP contribution in [0.2, 0.25) is 0 Å². The fourth-order valence-electron chi connectivity index (χ4n) is 9.43. The third kappa shape index (κ3) is 15.2. The van der Waals surface area contributed by atoms with Crippen LogP contribution >= 0.6 is 25.3 Å². The number of nitrogens with one attached hydrogen (secondary N) is 2. The summed E-state index contributed by atoms with van der Waals surface area (Å²) < 4.78 is 63.7. The number of benzene rings is 4. The number of aromatic amines is 2. The molecule has 9 rings (SSSR count). The van der Waals surface area contributed by atoms with Crippen LogP contribution in [0, 0.1) is 0 Å². The van der Waals surface area contributed by atoms with Gasteiger partial charge in [0.05, 0.1) is 66.1 Å². The van der Waals surface area contributed by atoms with Crippen LogP contribution in [0.3, 0.4) is 0 Å². The van der Waals surface area contributed by atoms with Crippen molar-refractivity contribution >= 4 is 69.4 Å². The van der Waals surface area contributed by atoms with Gasteiger partial charge in [-0.3, -0.25) is 0 Å². The third-order valence-corrected chi connectivity index (χ3v) is 14.4.